The lowest BCUT2D eigenvalue weighted by Gasteiger charge is -2.18. The summed E-state index contributed by atoms with van der Waals surface area (Å²) in [6.07, 6.45) is 1.77. The smallest absolute Gasteiger partial charge is 0.328 e. The van der Waals surface area contributed by atoms with Crippen LogP contribution in [-0.2, 0) is 20.7 Å². The number of hydrogen-bond acceptors (Lipinski definition) is 6. The molecule has 0 aromatic heterocycles. The molecule has 0 spiro atoms. The van der Waals surface area contributed by atoms with E-state index in [0.717, 1.165) is 23.1 Å². The molecule has 0 saturated carbocycles. The Morgan fingerprint density at radius 2 is 1.88 bits per heavy atom. The molecule has 2 aromatic rings. The van der Waals surface area contributed by atoms with Gasteiger partial charge in [-0.05, 0) is 42.7 Å². The second kappa shape index (κ2) is 12.2. The number of esters is 1. The van der Waals surface area contributed by atoms with E-state index in [9.17, 15) is 14.4 Å². The summed E-state index contributed by atoms with van der Waals surface area (Å²) in [5.41, 5.74) is 8.81. The first-order valence-electron chi connectivity index (χ1n) is 10.4. The first kappa shape index (κ1) is 25.4. The highest BCUT2D eigenvalue weighted by molar-refractivity contribution is 6.34. The van der Waals surface area contributed by atoms with Crippen LogP contribution in [0.2, 0.25) is 5.02 Å². The number of benzene rings is 2. The third-order valence-corrected chi connectivity index (χ3v) is 5.42. The minimum absolute atomic E-state index is 0.0748. The van der Waals surface area contributed by atoms with Gasteiger partial charge in [0.25, 0.3) is 5.91 Å². The van der Waals surface area contributed by atoms with E-state index in [1.807, 2.05) is 31.2 Å². The number of carbonyl (C=O) groups is 3. The lowest BCUT2D eigenvalue weighted by atomic mass is 10.0. The van der Waals surface area contributed by atoms with E-state index >= 15 is 0 Å². The quantitative estimate of drug-likeness (QED) is 0.351. The molecule has 0 fully saturated rings. The van der Waals surface area contributed by atoms with Crippen LogP contribution in [-0.4, -0.2) is 43.9 Å². The molecule has 8 heteroatoms. The number of anilines is 1. The van der Waals surface area contributed by atoms with Crippen LogP contribution >= 0.6 is 11.6 Å². The fourth-order valence-corrected chi connectivity index (χ4v) is 3.65. The van der Waals surface area contributed by atoms with Gasteiger partial charge in [0.2, 0.25) is 0 Å². The maximum atomic E-state index is 12.8. The van der Waals surface area contributed by atoms with Crippen molar-refractivity contribution in [1.29, 1.82) is 0 Å². The van der Waals surface area contributed by atoms with Gasteiger partial charge >= 0.3 is 5.97 Å². The summed E-state index contributed by atoms with van der Waals surface area (Å²) < 4.78 is 4.87. The van der Waals surface area contributed by atoms with Crippen molar-refractivity contribution in [1.82, 2.24) is 5.32 Å². The first-order valence-corrected chi connectivity index (χ1v) is 10.8. The summed E-state index contributed by atoms with van der Waals surface area (Å²) in [6.45, 7) is 4.16. The van der Waals surface area contributed by atoms with Crippen molar-refractivity contribution in [2.45, 2.75) is 38.8 Å². The van der Waals surface area contributed by atoms with Crippen molar-refractivity contribution in [2.75, 3.05) is 19.0 Å². The van der Waals surface area contributed by atoms with E-state index < -0.39 is 17.9 Å². The van der Waals surface area contributed by atoms with Crippen LogP contribution in [0.4, 0.5) is 5.69 Å². The van der Waals surface area contributed by atoms with Crippen LogP contribution < -0.4 is 16.4 Å². The lowest BCUT2D eigenvalue weighted by molar-refractivity contribution is -0.142. The van der Waals surface area contributed by atoms with E-state index in [2.05, 4.69) is 10.6 Å². The molecule has 0 radical (unpaired) electrons. The van der Waals surface area contributed by atoms with Crippen LogP contribution in [0.25, 0.3) is 0 Å². The number of ether oxygens (including phenoxy) is 1. The molecule has 0 aliphatic carbocycles. The van der Waals surface area contributed by atoms with Gasteiger partial charge in [-0.1, -0.05) is 42.8 Å². The van der Waals surface area contributed by atoms with Gasteiger partial charge in [-0.2, -0.15) is 0 Å². The van der Waals surface area contributed by atoms with E-state index in [-0.39, 0.29) is 18.4 Å². The topological polar surface area (TPSA) is 111 Å². The summed E-state index contributed by atoms with van der Waals surface area (Å²) in [5.74, 6) is -1.05. The number of halogens is 1. The molecular formula is C24H30ClN3O4. The molecule has 0 aliphatic heterocycles. The van der Waals surface area contributed by atoms with E-state index in [1.165, 1.54) is 7.11 Å². The fraction of sp³-hybridized carbons (Fsp3) is 0.375. The normalized spacial score (nSPS) is 13.5. The van der Waals surface area contributed by atoms with Crippen LogP contribution in [0, 0.1) is 12.8 Å². The molecular weight excluding hydrogens is 430 g/mol. The summed E-state index contributed by atoms with van der Waals surface area (Å²) in [5, 5.41) is 6.29. The van der Waals surface area contributed by atoms with E-state index in [4.69, 9.17) is 22.1 Å². The van der Waals surface area contributed by atoms with Crippen LogP contribution in [0.1, 0.15) is 34.8 Å². The SMILES string of the molecule is COC(=O)[C@H](Cc1ccc(NC[C@@H](N)CC(C)C=O)cc1)NC(=O)c1c(C)cccc1Cl. The molecule has 4 N–H and O–H groups in total. The van der Waals surface area contributed by atoms with Crippen molar-refractivity contribution < 1.29 is 19.1 Å². The Morgan fingerprint density at radius 3 is 2.47 bits per heavy atom. The fourth-order valence-electron chi connectivity index (χ4n) is 3.35. The van der Waals surface area contributed by atoms with Crippen molar-refractivity contribution >= 4 is 35.5 Å². The third-order valence-electron chi connectivity index (χ3n) is 5.11. The third kappa shape index (κ3) is 7.35. The number of aryl methyl sites for hydroxylation is 1. The number of aldehydes is 1. The predicted octanol–water partition coefficient (Wildman–Crippen LogP) is 3.13. The number of methoxy groups -OCH3 is 1. The second-order valence-electron chi connectivity index (χ2n) is 7.87. The average Bonchev–Trinajstić information content (AvgIpc) is 2.77. The maximum absolute atomic E-state index is 12.8. The molecule has 0 aliphatic rings. The zero-order valence-corrected chi connectivity index (χ0v) is 19.3. The number of amides is 1. The van der Waals surface area contributed by atoms with Crippen molar-refractivity contribution in [2.24, 2.45) is 11.7 Å². The number of nitrogens with one attached hydrogen (secondary N) is 2. The van der Waals surface area contributed by atoms with E-state index in [1.54, 1.807) is 25.1 Å². The van der Waals surface area contributed by atoms with E-state index in [0.29, 0.717) is 23.6 Å². The summed E-state index contributed by atoms with van der Waals surface area (Å²) in [4.78, 5) is 35.8. The van der Waals surface area contributed by atoms with Gasteiger partial charge in [-0.15, -0.1) is 0 Å². The summed E-state index contributed by atoms with van der Waals surface area (Å²) in [7, 11) is 1.28. The van der Waals surface area contributed by atoms with Gasteiger partial charge in [-0.25, -0.2) is 4.79 Å². The molecule has 7 nitrogen and oxygen atoms in total. The van der Waals surface area contributed by atoms with Gasteiger partial charge in [-0.3, -0.25) is 4.79 Å². The minimum atomic E-state index is -0.861. The molecule has 0 heterocycles. The molecule has 0 bridgehead atoms. The first-order chi connectivity index (χ1) is 15.2. The number of rotatable bonds is 11. The van der Waals surface area contributed by atoms with Gasteiger partial charge in [0.05, 0.1) is 17.7 Å². The monoisotopic (exact) mass is 459 g/mol. The largest absolute Gasteiger partial charge is 0.467 e. The Morgan fingerprint density at radius 1 is 1.19 bits per heavy atom. The Hall–Kier alpha value is -2.90. The highest BCUT2D eigenvalue weighted by atomic mass is 35.5. The maximum Gasteiger partial charge on any atom is 0.328 e. The van der Waals surface area contributed by atoms with Crippen LogP contribution in [0.5, 0.6) is 0 Å². The Labute approximate surface area is 193 Å². The minimum Gasteiger partial charge on any atom is -0.467 e. The lowest BCUT2D eigenvalue weighted by Crippen LogP contribution is -2.43. The van der Waals surface area contributed by atoms with Gasteiger partial charge < -0.3 is 25.9 Å². The number of hydrogen-bond donors (Lipinski definition) is 3. The second-order valence-corrected chi connectivity index (χ2v) is 8.28. The van der Waals surface area contributed by atoms with Crippen molar-refractivity contribution in [3.63, 3.8) is 0 Å². The molecule has 172 valence electrons. The number of nitrogens with two attached hydrogens (primary N) is 1. The number of carbonyl (C=O) groups excluding carboxylic acids is 3. The molecule has 1 amide bonds. The Bertz CT molecular complexity index is 913. The zero-order valence-electron chi connectivity index (χ0n) is 18.6. The molecule has 0 saturated heterocycles. The molecule has 2 rings (SSSR count). The molecule has 1 unspecified atom stereocenters. The van der Waals surface area contributed by atoms with Crippen molar-refractivity contribution in [3.8, 4) is 0 Å². The molecule has 32 heavy (non-hydrogen) atoms. The predicted molar refractivity (Wildman–Crippen MR) is 126 cm³/mol. The average molecular weight is 460 g/mol. The van der Waals surface area contributed by atoms with Crippen LogP contribution in [0.15, 0.2) is 42.5 Å². The van der Waals surface area contributed by atoms with Gasteiger partial charge in [0.15, 0.2) is 0 Å². The highest BCUT2D eigenvalue weighted by Gasteiger charge is 2.24. The van der Waals surface area contributed by atoms with Gasteiger partial charge in [0.1, 0.15) is 12.3 Å². The van der Waals surface area contributed by atoms with Gasteiger partial charge in [0, 0.05) is 30.6 Å². The summed E-state index contributed by atoms with van der Waals surface area (Å²) >= 11 is 6.18. The van der Waals surface area contributed by atoms with Crippen molar-refractivity contribution in [3.05, 3.63) is 64.2 Å². The standard InChI is InChI=1S/C24H30ClN3O4/c1-15(14-29)11-18(26)13-27-19-9-7-17(8-10-19)12-21(24(31)32-3)28-23(30)22-16(2)5-4-6-20(22)25/h4-10,14-15,18,21,27H,11-13,26H2,1-3H3,(H,28,30)/t15?,18-,21-/m0/s1. The highest BCUT2D eigenvalue weighted by Crippen LogP contribution is 2.20. The summed E-state index contributed by atoms with van der Waals surface area (Å²) in [6, 6.07) is 11.7. The molecule has 3 atom stereocenters. The Kier molecular flexibility index (Phi) is 9.68. The molecule has 2 aromatic carbocycles. The zero-order chi connectivity index (χ0) is 23.7. The Balaban J connectivity index is 2.02. The van der Waals surface area contributed by atoms with Crippen LogP contribution in [0.3, 0.4) is 0 Å².